The minimum atomic E-state index is 0. The minimum absolute atomic E-state index is 0. The van der Waals surface area contributed by atoms with E-state index >= 15 is 0 Å². The average molecular weight is 299 g/mol. The number of halogens is 1. The number of amides is 1. The van der Waals surface area contributed by atoms with E-state index in [0.717, 1.165) is 13.1 Å². The van der Waals surface area contributed by atoms with E-state index in [2.05, 4.69) is 10.4 Å². The fourth-order valence-corrected chi connectivity index (χ4v) is 3.14. The first kappa shape index (κ1) is 15.3. The number of nitrogens with zero attached hydrogens (tertiary/aromatic N) is 3. The van der Waals surface area contributed by atoms with Gasteiger partial charge in [-0.1, -0.05) is 0 Å². The van der Waals surface area contributed by atoms with Gasteiger partial charge in [0.1, 0.15) is 0 Å². The second-order valence-corrected chi connectivity index (χ2v) is 5.85. The molecule has 2 fully saturated rings. The smallest absolute Gasteiger partial charge is 0.227 e. The molecule has 1 N–H and O–H groups in total. The third-order valence-corrected chi connectivity index (χ3v) is 4.65. The lowest BCUT2D eigenvalue weighted by Gasteiger charge is -2.36. The van der Waals surface area contributed by atoms with Gasteiger partial charge >= 0.3 is 0 Å². The van der Waals surface area contributed by atoms with Crippen molar-refractivity contribution in [3.05, 3.63) is 18.0 Å². The van der Waals surface area contributed by atoms with Crippen LogP contribution in [0.5, 0.6) is 0 Å². The van der Waals surface area contributed by atoms with Gasteiger partial charge in [0.15, 0.2) is 0 Å². The van der Waals surface area contributed by atoms with Crippen LogP contribution in [-0.4, -0.2) is 46.8 Å². The van der Waals surface area contributed by atoms with Crippen molar-refractivity contribution in [2.75, 3.05) is 20.1 Å². The van der Waals surface area contributed by atoms with E-state index < -0.39 is 0 Å². The molecule has 112 valence electrons. The van der Waals surface area contributed by atoms with Gasteiger partial charge in [0.2, 0.25) is 5.91 Å². The van der Waals surface area contributed by atoms with Gasteiger partial charge in [-0.2, -0.15) is 5.10 Å². The number of aromatic nitrogens is 2. The summed E-state index contributed by atoms with van der Waals surface area (Å²) in [6.07, 6.45) is 7.51. The molecule has 0 radical (unpaired) electrons. The zero-order valence-electron chi connectivity index (χ0n) is 12.1. The molecular weight excluding hydrogens is 276 g/mol. The largest absolute Gasteiger partial charge is 0.342 e. The Bertz CT molecular complexity index is 471. The highest BCUT2D eigenvalue weighted by molar-refractivity contribution is 5.85. The van der Waals surface area contributed by atoms with Crippen LogP contribution in [0.4, 0.5) is 0 Å². The highest BCUT2D eigenvalue weighted by Gasteiger charge is 2.38. The van der Waals surface area contributed by atoms with Crippen LogP contribution in [0.3, 0.4) is 0 Å². The summed E-state index contributed by atoms with van der Waals surface area (Å²) in [6.45, 7) is 1.66. The van der Waals surface area contributed by atoms with Crippen LogP contribution in [0.2, 0.25) is 0 Å². The lowest BCUT2D eigenvalue weighted by molar-refractivity contribution is -0.137. The van der Waals surface area contributed by atoms with Gasteiger partial charge in [-0.15, -0.1) is 12.4 Å². The Morgan fingerprint density at radius 1 is 1.45 bits per heavy atom. The molecule has 0 spiro atoms. The van der Waals surface area contributed by atoms with Crippen molar-refractivity contribution in [3.63, 3.8) is 0 Å². The summed E-state index contributed by atoms with van der Waals surface area (Å²) < 4.78 is 1.81. The summed E-state index contributed by atoms with van der Waals surface area (Å²) in [7, 11) is 3.88. The van der Waals surface area contributed by atoms with Gasteiger partial charge in [-0.05, 0) is 24.8 Å². The van der Waals surface area contributed by atoms with Crippen LogP contribution in [0, 0.1) is 5.92 Å². The van der Waals surface area contributed by atoms with Gasteiger partial charge in [0.05, 0.1) is 12.1 Å². The first-order valence-corrected chi connectivity index (χ1v) is 7.12. The molecule has 1 saturated heterocycles. The van der Waals surface area contributed by atoms with E-state index in [1.165, 1.54) is 24.8 Å². The van der Waals surface area contributed by atoms with E-state index in [4.69, 9.17) is 0 Å². The van der Waals surface area contributed by atoms with Crippen molar-refractivity contribution in [2.45, 2.75) is 31.2 Å². The maximum absolute atomic E-state index is 12.6. The predicted octanol–water partition coefficient (Wildman–Crippen LogP) is 1.16. The van der Waals surface area contributed by atoms with Crippen molar-refractivity contribution in [1.82, 2.24) is 20.0 Å². The third-order valence-electron chi connectivity index (χ3n) is 4.65. The van der Waals surface area contributed by atoms with Crippen LogP contribution >= 0.6 is 12.4 Å². The van der Waals surface area contributed by atoms with Crippen LogP contribution in [0.1, 0.15) is 30.7 Å². The normalized spacial score (nSPS) is 25.9. The molecule has 6 heteroatoms. The summed E-state index contributed by atoms with van der Waals surface area (Å²) >= 11 is 0. The van der Waals surface area contributed by atoms with Crippen molar-refractivity contribution >= 4 is 18.3 Å². The average Bonchev–Trinajstić information content (AvgIpc) is 2.93. The van der Waals surface area contributed by atoms with Crippen LogP contribution < -0.4 is 5.32 Å². The minimum Gasteiger partial charge on any atom is -0.342 e. The number of aryl methyl sites for hydroxylation is 1. The van der Waals surface area contributed by atoms with Gasteiger partial charge in [-0.3, -0.25) is 9.48 Å². The number of carbonyl (C=O) groups excluding carboxylic acids is 1. The Hall–Kier alpha value is -1.07. The summed E-state index contributed by atoms with van der Waals surface area (Å²) in [5.41, 5.74) is 1.17. The molecule has 1 aliphatic carbocycles. The molecule has 1 aromatic heterocycles. The fourth-order valence-electron chi connectivity index (χ4n) is 3.14. The van der Waals surface area contributed by atoms with Crippen molar-refractivity contribution in [2.24, 2.45) is 13.0 Å². The summed E-state index contributed by atoms with van der Waals surface area (Å²) in [6, 6.07) is 0.475. The monoisotopic (exact) mass is 298 g/mol. The second kappa shape index (κ2) is 6.14. The number of rotatable bonds is 3. The zero-order chi connectivity index (χ0) is 13.4. The number of hydrogen-bond acceptors (Lipinski definition) is 3. The Morgan fingerprint density at radius 2 is 2.20 bits per heavy atom. The topological polar surface area (TPSA) is 50.2 Å². The standard InChI is InChI=1S/C14H22N4O.ClH/c1-17-9-10(6-16-17)12-7-15-8-13(12)14(19)18(2)11-4-3-5-11;/h6,9,11-13,15H,3-5,7-8H2,1-2H3;1H/t12-,13+;/m1./s1. The molecule has 2 atom stereocenters. The zero-order valence-corrected chi connectivity index (χ0v) is 12.9. The fraction of sp³-hybridized carbons (Fsp3) is 0.714. The number of carbonyl (C=O) groups is 1. The van der Waals surface area contributed by atoms with E-state index in [1.54, 1.807) is 0 Å². The highest BCUT2D eigenvalue weighted by atomic mass is 35.5. The second-order valence-electron chi connectivity index (χ2n) is 5.85. The Morgan fingerprint density at radius 3 is 2.75 bits per heavy atom. The van der Waals surface area contributed by atoms with Crippen LogP contribution in [0.15, 0.2) is 12.4 Å². The van der Waals surface area contributed by atoms with Gasteiger partial charge < -0.3 is 10.2 Å². The molecule has 0 bridgehead atoms. The molecule has 1 aromatic rings. The highest BCUT2D eigenvalue weighted by Crippen LogP contribution is 2.32. The molecule has 2 aliphatic rings. The first-order chi connectivity index (χ1) is 9.16. The summed E-state index contributed by atoms with van der Waals surface area (Å²) in [4.78, 5) is 14.6. The number of hydrogen-bond donors (Lipinski definition) is 1. The molecule has 1 amide bonds. The van der Waals surface area contributed by atoms with E-state index in [9.17, 15) is 4.79 Å². The quantitative estimate of drug-likeness (QED) is 0.911. The SMILES string of the molecule is CN(C(=O)[C@H]1CNC[C@@H]1c1cnn(C)c1)C1CCC1.Cl. The van der Waals surface area contributed by atoms with Crippen LogP contribution in [0.25, 0.3) is 0 Å². The van der Waals surface area contributed by atoms with Gasteiger partial charge in [0, 0.05) is 45.3 Å². The molecule has 1 aliphatic heterocycles. The Labute approximate surface area is 126 Å². The first-order valence-electron chi connectivity index (χ1n) is 7.12. The van der Waals surface area contributed by atoms with Crippen molar-refractivity contribution in [3.8, 4) is 0 Å². The maximum Gasteiger partial charge on any atom is 0.227 e. The van der Waals surface area contributed by atoms with Crippen molar-refractivity contribution < 1.29 is 4.79 Å². The molecule has 0 unspecified atom stereocenters. The molecule has 5 nitrogen and oxygen atoms in total. The van der Waals surface area contributed by atoms with Gasteiger partial charge in [-0.25, -0.2) is 0 Å². The van der Waals surface area contributed by atoms with E-state index in [-0.39, 0.29) is 24.2 Å². The predicted molar refractivity (Wildman–Crippen MR) is 80.0 cm³/mol. The molecule has 3 rings (SSSR count). The van der Waals surface area contributed by atoms with Crippen LogP contribution in [-0.2, 0) is 11.8 Å². The summed E-state index contributed by atoms with van der Waals surface area (Å²) in [5, 5.41) is 7.58. The molecular formula is C14H23ClN4O. The van der Waals surface area contributed by atoms with E-state index in [1.807, 2.05) is 36.1 Å². The Kier molecular flexibility index (Phi) is 4.70. The van der Waals surface area contributed by atoms with Crippen molar-refractivity contribution in [1.29, 1.82) is 0 Å². The molecule has 20 heavy (non-hydrogen) atoms. The summed E-state index contributed by atoms with van der Waals surface area (Å²) in [5.74, 6) is 0.627. The molecule has 2 heterocycles. The molecule has 0 aromatic carbocycles. The Balaban J connectivity index is 0.00000147. The lowest BCUT2D eigenvalue weighted by Crippen LogP contribution is -2.45. The third kappa shape index (κ3) is 2.69. The maximum atomic E-state index is 12.6. The molecule has 1 saturated carbocycles. The number of nitrogens with one attached hydrogen (secondary N) is 1. The van der Waals surface area contributed by atoms with Gasteiger partial charge in [0.25, 0.3) is 0 Å². The van der Waals surface area contributed by atoms with E-state index in [0.29, 0.717) is 11.9 Å². The lowest BCUT2D eigenvalue weighted by atomic mass is 9.87.